The highest BCUT2D eigenvalue weighted by Crippen LogP contribution is 2.19. The number of anilines is 1. The molecule has 0 radical (unpaired) electrons. The number of rotatable bonds is 4. The molecule has 122 valence electrons. The fraction of sp³-hybridized carbons (Fsp3) is 0.353. The number of aryl methyl sites for hydroxylation is 1. The first-order valence-electron chi connectivity index (χ1n) is 7.75. The Kier molecular flexibility index (Phi) is 4.43. The van der Waals surface area contributed by atoms with E-state index in [1.54, 1.807) is 0 Å². The SMILES string of the molecule is Cn1cccc1[C@@H]1CCC[NH+]1CC(=O)Nc1ccc(F)c(F)c1. The average Bonchev–Trinajstić information content (AvgIpc) is 3.11. The summed E-state index contributed by atoms with van der Waals surface area (Å²) in [5.41, 5.74) is 1.50. The minimum absolute atomic E-state index is 0.188. The number of carbonyl (C=O) groups excluding carboxylic acids is 1. The van der Waals surface area contributed by atoms with Crippen LogP contribution in [0.4, 0.5) is 14.5 Å². The minimum atomic E-state index is -0.960. The topological polar surface area (TPSA) is 38.5 Å². The van der Waals surface area contributed by atoms with E-state index in [0.29, 0.717) is 12.6 Å². The van der Waals surface area contributed by atoms with Crippen molar-refractivity contribution >= 4 is 11.6 Å². The molecular formula is C17H20F2N3O+. The van der Waals surface area contributed by atoms with Crippen molar-refractivity contribution in [3.05, 3.63) is 53.9 Å². The number of nitrogens with one attached hydrogen (secondary N) is 2. The van der Waals surface area contributed by atoms with Gasteiger partial charge in [-0.3, -0.25) is 4.79 Å². The molecular weight excluding hydrogens is 300 g/mol. The van der Waals surface area contributed by atoms with Gasteiger partial charge in [-0.2, -0.15) is 0 Å². The van der Waals surface area contributed by atoms with Crippen LogP contribution in [0.25, 0.3) is 0 Å². The monoisotopic (exact) mass is 320 g/mol. The van der Waals surface area contributed by atoms with Gasteiger partial charge in [0.05, 0.1) is 12.2 Å². The summed E-state index contributed by atoms with van der Waals surface area (Å²) in [6, 6.07) is 7.77. The van der Waals surface area contributed by atoms with Gasteiger partial charge in [0.2, 0.25) is 0 Å². The lowest BCUT2D eigenvalue weighted by Gasteiger charge is -2.21. The average molecular weight is 320 g/mol. The van der Waals surface area contributed by atoms with E-state index in [2.05, 4.69) is 16.0 Å². The standard InChI is InChI=1S/C17H19F2N3O/c1-21-8-2-4-15(21)16-5-3-9-22(16)11-17(23)20-12-6-7-13(18)14(19)10-12/h2,4,6-8,10,16H,3,5,9,11H2,1H3,(H,20,23)/p+1/t16-/m0/s1. The van der Waals surface area contributed by atoms with Gasteiger partial charge in [-0.25, -0.2) is 8.78 Å². The first kappa shape index (κ1) is 15.7. The van der Waals surface area contributed by atoms with E-state index in [0.717, 1.165) is 31.5 Å². The van der Waals surface area contributed by atoms with Gasteiger partial charge in [0.1, 0.15) is 6.04 Å². The maximum atomic E-state index is 13.2. The lowest BCUT2D eigenvalue weighted by Crippen LogP contribution is -3.11. The quantitative estimate of drug-likeness (QED) is 0.883. The molecule has 1 amide bonds. The number of aromatic nitrogens is 1. The Bertz CT molecular complexity index is 714. The number of likely N-dealkylation sites (tertiary alicyclic amines) is 1. The Morgan fingerprint density at radius 3 is 2.87 bits per heavy atom. The lowest BCUT2D eigenvalue weighted by atomic mass is 10.1. The van der Waals surface area contributed by atoms with Gasteiger partial charge < -0.3 is 14.8 Å². The molecule has 1 aliphatic heterocycles. The number of quaternary nitrogens is 1. The van der Waals surface area contributed by atoms with Crippen molar-refractivity contribution in [3.8, 4) is 0 Å². The molecule has 1 aromatic carbocycles. The Morgan fingerprint density at radius 1 is 1.35 bits per heavy atom. The molecule has 1 aromatic heterocycles. The van der Waals surface area contributed by atoms with E-state index in [-0.39, 0.29) is 11.6 Å². The third-order valence-electron chi connectivity index (χ3n) is 4.42. The third kappa shape index (κ3) is 3.42. The number of hydrogen-bond donors (Lipinski definition) is 2. The third-order valence-corrected chi connectivity index (χ3v) is 4.42. The predicted octanol–water partition coefficient (Wildman–Crippen LogP) is 1.66. The van der Waals surface area contributed by atoms with Crippen molar-refractivity contribution in [2.24, 2.45) is 7.05 Å². The number of halogens is 2. The number of hydrogen-bond acceptors (Lipinski definition) is 1. The Hall–Kier alpha value is -2.21. The summed E-state index contributed by atoms with van der Waals surface area (Å²) in [5.74, 6) is -2.07. The molecule has 1 unspecified atom stereocenters. The van der Waals surface area contributed by atoms with Crippen LogP contribution in [-0.2, 0) is 11.8 Å². The molecule has 0 saturated carbocycles. The van der Waals surface area contributed by atoms with Crippen LogP contribution in [-0.4, -0.2) is 23.6 Å². The summed E-state index contributed by atoms with van der Waals surface area (Å²) >= 11 is 0. The van der Waals surface area contributed by atoms with Gasteiger partial charge in [-0.1, -0.05) is 0 Å². The van der Waals surface area contributed by atoms with E-state index in [9.17, 15) is 13.6 Å². The molecule has 1 saturated heterocycles. The molecule has 1 fully saturated rings. The van der Waals surface area contributed by atoms with Gasteiger partial charge in [0, 0.05) is 37.8 Å². The van der Waals surface area contributed by atoms with Crippen LogP contribution >= 0.6 is 0 Å². The highest BCUT2D eigenvalue weighted by Gasteiger charge is 2.32. The summed E-state index contributed by atoms with van der Waals surface area (Å²) < 4.78 is 28.2. The zero-order chi connectivity index (χ0) is 16.4. The molecule has 0 spiro atoms. The molecule has 2 N–H and O–H groups in total. The number of amides is 1. The van der Waals surface area contributed by atoms with Crippen LogP contribution in [0.3, 0.4) is 0 Å². The predicted molar refractivity (Wildman–Crippen MR) is 83.1 cm³/mol. The second kappa shape index (κ2) is 6.50. The number of carbonyl (C=O) groups is 1. The van der Waals surface area contributed by atoms with Gasteiger partial charge in [-0.15, -0.1) is 0 Å². The summed E-state index contributed by atoms with van der Waals surface area (Å²) in [5, 5.41) is 2.64. The zero-order valence-electron chi connectivity index (χ0n) is 13.0. The molecule has 6 heteroatoms. The second-order valence-corrected chi connectivity index (χ2v) is 6.00. The van der Waals surface area contributed by atoms with Crippen molar-refractivity contribution in [2.75, 3.05) is 18.4 Å². The van der Waals surface area contributed by atoms with Crippen LogP contribution in [0.5, 0.6) is 0 Å². The normalized spacial score (nSPS) is 20.7. The van der Waals surface area contributed by atoms with Crippen LogP contribution < -0.4 is 10.2 Å². The molecule has 0 bridgehead atoms. The maximum absolute atomic E-state index is 13.2. The number of benzene rings is 1. The lowest BCUT2D eigenvalue weighted by molar-refractivity contribution is -0.910. The summed E-state index contributed by atoms with van der Waals surface area (Å²) in [4.78, 5) is 13.4. The second-order valence-electron chi connectivity index (χ2n) is 6.00. The number of nitrogens with zero attached hydrogens (tertiary/aromatic N) is 1. The largest absolute Gasteiger partial charge is 0.350 e. The molecule has 2 atom stereocenters. The van der Waals surface area contributed by atoms with Crippen LogP contribution in [0.1, 0.15) is 24.6 Å². The van der Waals surface area contributed by atoms with E-state index in [4.69, 9.17) is 0 Å². The van der Waals surface area contributed by atoms with Gasteiger partial charge in [-0.05, 0) is 24.3 Å². The van der Waals surface area contributed by atoms with Crippen molar-refractivity contribution < 1.29 is 18.5 Å². The van der Waals surface area contributed by atoms with Crippen LogP contribution in [0.15, 0.2) is 36.5 Å². The van der Waals surface area contributed by atoms with Crippen molar-refractivity contribution in [3.63, 3.8) is 0 Å². The van der Waals surface area contributed by atoms with Gasteiger partial charge in [0.25, 0.3) is 5.91 Å². The van der Waals surface area contributed by atoms with Crippen LogP contribution in [0.2, 0.25) is 0 Å². The van der Waals surface area contributed by atoms with Crippen molar-refractivity contribution in [2.45, 2.75) is 18.9 Å². The first-order chi connectivity index (χ1) is 11.0. The van der Waals surface area contributed by atoms with Gasteiger partial charge in [0.15, 0.2) is 18.2 Å². The summed E-state index contributed by atoms with van der Waals surface area (Å²) in [7, 11) is 2.01. The first-order valence-corrected chi connectivity index (χ1v) is 7.75. The Morgan fingerprint density at radius 2 is 2.17 bits per heavy atom. The molecule has 3 rings (SSSR count). The van der Waals surface area contributed by atoms with E-state index in [1.165, 1.54) is 16.7 Å². The highest BCUT2D eigenvalue weighted by molar-refractivity contribution is 5.91. The minimum Gasteiger partial charge on any atom is -0.350 e. The summed E-state index contributed by atoms with van der Waals surface area (Å²) in [6.07, 6.45) is 4.13. The molecule has 2 aromatic rings. The van der Waals surface area contributed by atoms with E-state index < -0.39 is 11.6 Å². The van der Waals surface area contributed by atoms with Crippen LogP contribution in [0, 0.1) is 11.6 Å². The maximum Gasteiger partial charge on any atom is 0.279 e. The molecule has 1 aliphatic rings. The van der Waals surface area contributed by atoms with Crippen molar-refractivity contribution in [1.82, 2.24) is 4.57 Å². The molecule has 23 heavy (non-hydrogen) atoms. The fourth-order valence-corrected chi connectivity index (χ4v) is 3.30. The summed E-state index contributed by atoms with van der Waals surface area (Å²) in [6.45, 7) is 1.25. The van der Waals surface area contributed by atoms with Crippen molar-refractivity contribution in [1.29, 1.82) is 0 Å². The van der Waals surface area contributed by atoms with E-state index in [1.807, 2.05) is 19.3 Å². The fourth-order valence-electron chi connectivity index (χ4n) is 3.30. The van der Waals surface area contributed by atoms with Gasteiger partial charge >= 0.3 is 0 Å². The highest BCUT2D eigenvalue weighted by atomic mass is 19.2. The molecule has 2 heterocycles. The zero-order valence-corrected chi connectivity index (χ0v) is 13.0. The smallest absolute Gasteiger partial charge is 0.279 e. The van der Waals surface area contributed by atoms with E-state index >= 15 is 0 Å². The molecule has 0 aliphatic carbocycles. The molecule has 4 nitrogen and oxygen atoms in total. The Labute approximate surface area is 133 Å². The Balaban J connectivity index is 1.65.